The minimum atomic E-state index is 0.336. The number of hydrogen-bond acceptors (Lipinski definition) is 2. The van der Waals surface area contributed by atoms with Crippen LogP contribution in [0.2, 0.25) is 0 Å². The van der Waals surface area contributed by atoms with Crippen LogP contribution in [-0.4, -0.2) is 17.8 Å². The Morgan fingerprint density at radius 2 is 1.93 bits per heavy atom. The molecule has 0 aliphatic rings. The average Bonchev–Trinajstić information content (AvgIpc) is 2.18. The van der Waals surface area contributed by atoms with E-state index in [9.17, 15) is 4.79 Å². The fourth-order valence-electron chi connectivity index (χ4n) is 1.24. The van der Waals surface area contributed by atoms with E-state index in [0.29, 0.717) is 18.6 Å². The first-order valence-electron chi connectivity index (χ1n) is 4.78. The van der Waals surface area contributed by atoms with Crippen LogP contribution < -0.4 is 0 Å². The van der Waals surface area contributed by atoms with Crippen LogP contribution in [0.1, 0.15) is 17.5 Å². The first-order valence-corrected chi connectivity index (χ1v) is 6.18. The molecule has 0 spiro atoms. The highest BCUT2D eigenvalue weighted by atomic mass is 32.2. The normalized spacial score (nSPS) is 10.1. The Balaban J connectivity index is 2.44. The lowest BCUT2D eigenvalue weighted by molar-refractivity contribution is -0.118. The average molecular weight is 208 g/mol. The lowest BCUT2D eigenvalue weighted by Crippen LogP contribution is -2.03. The van der Waals surface area contributed by atoms with Crippen LogP contribution in [0.4, 0.5) is 0 Å². The summed E-state index contributed by atoms with van der Waals surface area (Å²) in [6.07, 6.45) is 3.30. The number of rotatable bonds is 5. The Bertz CT molecular complexity index is 290. The Kier molecular flexibility index (Phi) is 4.74. The molecule has 14 heavy (non-hydrogen) atoms. The summed E-state index contributed by atoms with van der Waals surface area (Å²) in [6, 6.07) is 8.17. The third kappa shape index (κ3) is 3.97. The number of carbonyl (C=O) groups is 1. The molecular formula is C12H16OS. The summed E-state index contributed by atoms with van der Waals surface area (Å²) in [7, 11) is 0. The van der Waals surface area contributed by atoms with Gasteiger partial charge in [0.05, 0.1) is 0 Å². The monoisotopic (exact) mass is 208 g/mol. The van der Waals surface area contributed by atoms with Gasteiger partial charge < -0.3 is 0 Å². The van der Waals surface area contributed by atoms with Crippen LogP contribution in [0.15, 0.2) is 24.3 Å². The Labute approximate surface area is 89.9 Å². The molecular weight excluding hydrogens is 192 g/mol. The molecule has 0 heterocycles. The number of thioether (sulfide) groups is 1. The maximum Gasteiger partial charge on any atom is 0.138 e. The zero-order valence-corrected chi connectivity index (χ0v) is 9.56. The molecule has 1 nitrogen and oxygen atoms in total. The Hall–Kier alpha value is -0.760. The Morgan fingerprint density at radius 1 is 1.29 bits per heavy atom. The van der Waals surface area contributed by atoms with Crippen molar-refractivity contribution in [2.24, 2.45) is 0 Å². The zero-order valence-electron chi connectivity index (χ0n) is 8.75. The van der Waals surface area contributed by atoms with Gasteiger partial charge in [0.15, 0.2) is 0 Å². The number of Topliss-reactive ketones (excluding diaryl/α,β-unsaturated/α-hetero) is 1. The van der Waals surface area contributed by atoms with Crippen molar-refractivity contribution in [2.45, 2.75) is 19.8 Å². The number of ketones is 1. The third-order valence-corrected chi connectivity index (χ3v) is 2.72. The summed E-state index contributed by atoms with van der Waals surface area (Å²) in [4.78, 5) is 11.4. The second kappa shape index (κ2) is 5.86. The van der Waals surface area contributed by atoms with Gasteiger partial charge in [-0.25, -0.2) is 0 Å². The fraction of sp³-hybridized carbons (Fsp3) is 0.417. The summed E-state index contributed by atoms with van der Waals surface area (Å²) >= 11 is 1.72. The largest absolute Gasteiger partial charge is 0.299 e. The molecule has 0 bridgehead atoms. The molecule has 1 aromatic carbocycles. The van der Waals surface area contributed by atoms with Crippen LogP contribution >= 0.6 is 11.8 Å². The van der Waals surface area contributed by atoms with Gasteiger partial charge >= 0.3 is 0 Å². The van der Waals surface area contributed by atoms with E-state index in [0.717, 1.165) is 11.3 Å². The minimum absolute atomic E-state index is 0.336. The molecule has 0 aliphatic carbocycles. The van der Waals surface area contributed by atoms with E-state index in [1.165, 1.54) is 5.56 Å². The van der Waals surface area contributed by atoms with Crippen molar-refractivity contribution in [1.29, 1.82) is 0 Å². The number of aryl methyl sites for hydroxylation is 1. The zero-order chi connectivity index (χ0) is 10.4. The summed E-state index contributed by atoms with van der Waals surface area (Å²) in [5.74, 6) is 1.27. The molecule has 0 atom stereocenters. The highest BCUT2D eigenvalue weighted by Gasteiger charge is 2.02. The highest BCUT2D eigenvalue weighted by Crippen LogP contribution is 2.06. The van der Waals surface area contributed by atoms with E-state index in [1.807, 2.05) is 18.4 Å². The standard InChI is InChI=1S/C12H16OS/c1-10-3-5-11(6-4-10)9-12(13)7-8-14-2/h3-6H,7-9H2,1-2H3. The van der Waals surface area contributed by atoms with Gasteiger partial charge in [0.25, 0.3) is 0 Å². The molecule has 1 rings (SSSR count). The van der Waals surface area contributed by atoms with Gasteiger partial charge in [-0.1, -0.05) is 29.8 Å². The van der Waals surface area contributed by atoms with Gasteiger partial charge in [0, 0.05) is 12.8 Å². The lowest BCUT2D eigenvalue weighted by Gasteiger charge is -2.00. The molecule has 0 aliphatic heterocycles. The molecule has 0 saturated carbocycles. The van der Waals surface area contributed by atoms with Crippen LogP contribution in [-0.2, 0) is 11.2 Å². The third-order valence-electron chi connectivity index (χ3n) is 2.11. The number of carbonyl (C=O) groups excluding carboxylic acids is 1. The predicted molar refractivity (Wildman–Crippen MR) is 62.9 cm³/mol. The van der Waals surface area contributed by atoms with E-state index < -0.39 is 0 Å². The van der Waals surface area contributed by atoms with E-state index in [4.69, 9.17) is 0 Å². The summed E-state index contributed by atoms with van der Waals surface area (Å²) in [5.41, 5.74) is 2.37. The van der Waals surface area contributed by atoms with Gasteiger partial charge in [-0.3, -0.25) is 4.79 Å². The maximum atomic E-state index is 11.4. The van der Waals surface area contributed by atoms with Gasteiger partial charge in [-0.2, -0.15) is 11.8 Å². The van der Waals surface area contributed by atoms with Crippen molar-refractivity contribution >= 4 is 17.5 Å². The molecule has 0 N–H and O–H groups in total. The van der Waals surface area contributed by atoms with Crippen molar-refractivity contribution in [3.8, 4) is 0 Å². The van der Waals surface area contributed by atoms with Crippen molar-refractivity contribution < 1.29 is 4.79 Å². The van der Waals surface area contributed by atoms with Crippen LogP contribution in [0, 0.1) is 6.92 Å². The molecule has 0 aromatic heterocycles. The molecule has 0 unspecified atom stereocenters. The van der Waals surface area contributed by atoms with Crippen LogP contribution in [0.3, 0.4) is 0 Å². The van der Waals surface area contributed by atoms with Gasteiger partial charge in [0.1, 0.15) is 5.78 Å². The summed E-state index contributed by atoms with van der Waals surface area (Å²) < 4.78 is 0. The molecule has 1 aromatic rings. The summed E-state index contributed by atoms with van der Waals surface area (Å²) in [5, 5.41) is 0. The van der Waals surface area contributed by atoms with Crippen LogP contribution in [0.5, 0.6) is 0 Å². The molecule has 0 radical (unpaired) electrons. The van der Waals surface area contributed by atoms with Crippen molar-refractivity contribution in [1.82, 2.24) is 0 Å². The Morgan fingerprint density at radius 3 is 2.50 bits per heavy atom. The quantitative estimate of drug-likeness (QED) is 0.740. The maximum absolute atomic E-state index is 11.4. The topological polar surface area (TPSA) is 17.1 Å². The smallest absolute Gasteiger partial charge is 0.138 e. The predicted octanol–water partition coefficient (Wildman–Crippen LogP) is 2.86. The molecule has 0 amide bonds. The molecule has 0 saturated heterocycles. The molecule has 0 fully saturated rings. The first-order chi connectivity index (χ1) is 6.72. The highest BCUT2D eigenvalue weighted by molar-refractivity contribution is 7.98. The van der Waals surface area contributed by atoms with Crippen LogP contribution in [0.25, 0.3) is 0 Å². The molecule has 2 heteroatoms. The van der Waals surface area contributed by atoms with Crippen molar-refractivity contribution in [3.63, 3.8) is 0 Å². The SMILES string of the molecule is CSCCC(=O)Cc1ccc(C)cc1. The number of benzene rings is 1. The van der Waals surface area contributed by atoms with Crippen molar-refractivity contribution in [2.75, 3.05) is 12.0 Å². The second-order valence-electron chi connectivity index (χ2n) is 3.44. The number of hydrogen-bond donors (Lipinski definition) is 0. The van der Waals surface area contributed by atoms with Gasteiger partial charge in [0.2, 0.25) is 0 Å². The van der Waals surface area contributed by atoms with E-state index in [1.54, 1.807) is 11.8 Å². The first kappa shape index (κ1) is 11.3. The lowest BCUT2D eigenvalue weighted by atomic mass is 10.1. The van der Waals surface area contributed by atoms with Gasteiger partial charge in [-0.15, -0.1) is 0 Å². The van der Waals surface area contributed by atoms with E-state index >= 15 is 0 Å². The van der Waals surface area contributed by atoms with E-state index in [-0.39, 0.29) is 0 Å². The van der Waals surface area contributed by atoms with E-state index in [2.05, 4.69) is 19.1 Å². The second-order valence-corrected chi connectivity index (χ2v) is 4.43. The summed E-state index contributed by atoms with van der Waals surface area (Å²) in [6.45, 7) is 2.05. The van der Waals surface area contributed by atoms with Crippen molar-refractivity contribution in [3.05, 3.63) is 35.4 Å². The fourth-order valence-corrected chi connectivity index (χ4v) is 1.67. The molecule has 76 valence electrons. The van der Waals surface area contributed by atoms with Gasteiger partial charge in [-0.05, 0) is 24.5 Å². The minimum Gasteiger partial charge on any atom is -0.299 e.